The van der Waals surface area contributed by atoms with Crippen LogP contribution in [0.15, 0.2) is 0 Å². The van der Waals surface area contributed by atoms with Gasteiger partial charge in [-0.2, -0.15) is 0 Å². The highest BCUT2D eigenvalue weighted by molar-refractivity contribution is 5.81. The lowest BCUT2D eigenvalue weighted by atomic mass is 10.1. The van der Waals surface area contributed by atoms with Gasteiger partial charge in [0.05, 0.1) is 12.2 Å². The van der Waals surface area contributed by atoms with Crippen LogP contribution in [0, 0.1) is 0 Å². The molecule has 22 heavy (non-hydrogen) atoms. The Kier molecular flexibility index (Phi) is 7.63. The van der Waals surface area contributed by atoms with Crippen molar-refractivity contribution in [2.45, 2.75) is 76.6 Å². The first kappa shape index (κ1) is 17.7. The number of carbonyl (C=O) groups is 1. The maximum atomic E-state index is 12.6. The normalized spacial score (nSPS) is 22.2. The summed E-state index contributed by atoms with van der Waals surface area (Å²) in [6, 6.07) is 0. The molecule has 2 N–H and O–H groups in total. The van der Waals surface area contributed by atoms with Gasteiger partial charge in [0.2, 0.25) is 0 Å². The van der Waals surface area contributed by atoms with E-state index in [-0.39, 0.29) is 18.1 Å². The number of carbonyl (C=O) groups excluding carboxylic acids is 1. The van der Waals surface area contributed by atoms with Gasteiger partial charge in [0.15, 0.2) is 0 Å². The summed E-state index contributed by atoms with van der Waals surface area (Å²) in [6.07, 6.45) is 8.56. The minimum absolute atomic E-state index is 0.176. The third-order valence-corrected chi connectivity index (χ3v) is 4.76. The van der Waals surface area contributed by atoms with Crippen molar-refractivity contribution in [3.05, 3.63) is 0 Å². The molecular weight excluding hydrogens is 280 g/mol. The van der Waals surface area contributed by atoms with Crippen molar-refractivity contribution in [3.63, 3.8) is 0 Å². The molecule has 0 bridgehead atoms. The Morgan fingerprint density at radius 1 is 1.18 bits per heavy atom. The number of rotatable bonds is 8. The number of nitrogens with zero attached hydrogens (tertiary/aromatic N) is 1. The molecule has 1 aliphatic carbocycles. The van der Waals surface area contributed by atoms with Gasteiger partial charge in [-0.3, -0.25) is 4.79 Å². The molecule has 2 fully saturated rings. The van der Waals surface area contributed by atoms with E-state index in [0.717, 1.165) is 58.2 Å². The van der Waals surface area contributed by atoms with Crippen LogP contribution >= 0.6 is 0 Å². The lowest BCUT2D eigenvalue weighted by Crippen LogP contribution is -2.46. The Morgan fingerprint density at radius 2 is 1.86 bits per heavy atom. The molecule has 1 saturated heterocycles. The Balaban J connectivity index is 1.72. The van der Waals surface area contributed by atoms with Crippen molar-refractivity contribution < 1.29 is 14.3 Å². The fourth-order valence-corrected chi connectivity index (χ4v) is 3.37. The van der Waals surface area contributed by atoms with Crippen LogP contribution in [-0.4, -0.2) is 55.4 Å². The van der Waals surface area contributed by atoms with E-state index in [1.807, 2.05) is 11.8 Å². The zero-order chi connectivity index (χ0) is 15.8. The lowest BCUT2D eigenvalue weighted by Gasteiger charge is -2.34. The monoisotopic (exact) mass is 312 g/mol. The van der Waals surface area contributed by atoms with Crippen molar-refractivity contribution in [1.82, 2.24) is 4.90 Å². The molecule has 0 aromatic carbocycles. The van der Waals surface area contributed by atoms with Gasteiger partial charge in [0.1, 0.15) is 6.10 Å². The van der Waals surface area contributed by atoms with E-state index in [1.54, 1.807) is 0 Å². The molecule has 1 amide bonds. The number of ether oxygens (including phenoxy) is 2. The van der Waals surface area contributed by atoms with Crippen LogP contribution in [0.5, 0.6) is 0 Å². The SMILES string of the molecule is CCC(OC1CCCC1)C(=O)N1CCC(OCCCN)CC1. The Morgan fingerprint density at radius 3 is 2.45 bits per heavy atom. The molecule has 5 nitrogen and oxygen atoms in total. The van der Waals surface area contributed by atoms with E-state index in [1.165, 1.54) is 12.8 Å². The zero-order valence-electron chi connectivity index (χ0n) is 14.0. The van der Waals surface area contributed by atoms with E-state index in [9.17, 15) is 4.79 Å². The maximum absolute atomic E-state index is 12.6. The van der Waals surface area contributed by atoms with Crippen molar-refractivity contribution in [1.29, 1.82) is 0 Å². The molecule has 2 rings (SSSR count). The number of nitrogens with two attached hydrogens (primary N) is 1. The minimum Gasteiger partial charge on any atom is -0.378 e. The summed E-state index contributed by atoms with van der Waals surface area (Å²) in [4.78, 5) is 14.6. The predicted molar refractivity (Wildman–Crippen MR) is 86.6 cm³/mol. The molecule has 2 aliphatic rings. The third-order valence-electron chi connectivity index (χ3n) is 4.76. The van der Waals surface area contributed by atoms with Crippen molar-refractivity contribution >= 4 is 5.91 Å². The standard InChI is InChI=1S/C17H32N2O3/c1-2-16(22-15-6-3-4-7-15)17(20)19-11-8-14(9-12-19)21-13-5-10-18/h14-16H,2-13,18H2,1H3. The van der Waals surface area contributed by atoms with Crippen LogP contribution in [0.2, 0.25) is 0 Å². The highest BCUT2D eigenvalue weighted by Crippen LogP contribution is 2.24. The van der Waals surface area contributed by atoms with Crippen LogP contribution in [0.1, 0.15) is 58.3 Å². The van der Waals surface area contributed by atoms with Gasteiger partial charge in [-0.05, 0) is 45.1 Å². The van der Waals surface area contributed by atoms with Crippen LogP contribution in [0.4, 0.5) is 0 Å². The second-order valence-corrected chi connectivity index (χ2v) is 6.48. The summed E-state index contributed by atoms with van der Waals surface area (Å²) in [6.45, 7) is 5.03. The number of piperidine rings is 1. The fourth-order valence-electron chi connectivity index (χ4n) is 3.37. The summed E-state index contributed by atoms with van der Waals surface area (Å²) in [5.41, 5.74) is 5.47. The highest BCUT2D eigenvalue weighted by Gasteiger charge is 2.30. The second kappa shape index (κ2) is 9.48. The van der Waals surface area contributed by atoms with Gasteiger partial charge in [0.25, 0.3) is 5.91 Å². The smallest absolute Gasteiger partial charge is 0.251 e. The predicted octanol–water partition coefficient (Wildman–Crippen LogP) is 2.08. The molecule has 0 radical (unpaired) electrons. The molecule has 0 spiro atoms. The first-order valence-corrected chi connectivity index (χ1v) is 9.00. The van der Waals surface area contributed by atoms with Crippen LogP contribution in [0.25, 0.3) is 0 Å². The molecule has 1 aliphatic heterocycles. The molecule has 1 unspecified atom stereocenters. The Labute approximate surface area is 134 Å². The van der Waals surface area contributed by atoms with E-state index < -0.39 is 0 Å². The van der Waals surface area contributed by atoms with Gasteiger partial charge >= 0.3 is 0 Å². The summed E-state index contributed by atoms with van der Waals surface area (Å²) in [7, 11) is 0. The van der Waals surface area contributed by atoms with Crippen molar-refractivity contribution in [3.8, 4) is 0 Å². The molecule has 1 atom stereocenters. The molecule has 128 valence electrons. The molecule has 1 saturated carbocycles. The van der Waals surface area contributed by atoms with E-state index in [2.05, 4.69) is 0 Å². The second-order valence-electron chi connectivity index (χ2n) is 6.48. The topological polar surface area (TPSA) is 64.8 Å². The van der Waals surface area contributed by atoms with Gasteiger partial charge in [-0.1, -0.05) is 19.8 Å². The van der Waals surface area contributed by atoms with Gasteiger partial charge in [0, 0.05) is 19.7 Å². The minimum atomic E-state index is -0.252. The average molecular weight is 312 g/mol. The number of hydrogen-bond acceptors (Lipinski definition) is 4. The van der Waals surface area contributed by atoms with E-state index in [0.29, 0.717) is 12.6 Å². The van der Waals surface area contributed by atoms with E-state index in [4.69, 9.17) is 15.2 Å². The number of hydrogen-bond donors (Lipinski definition) is 1. The largest absolute Gasteiger partial charge is 0.378 e. The quantitative estimate of drug-likeness (QED) is 0.697. The molecule has 5 heteroatoms. The van der Waals surface area contributed by atoms with Gasteiger partial charge in [-0.25, -0.2) is 0 Å². The summed E-state index contributed by atoms with van der Waals surface area (Å²) in [5, 5.41) is 0. The molecule has 0 aromatic heterocycles. The highest BCUT2D eigenvalue weighted by atomic mass is 16.5. The van der Waals surface area contributed by atoms with Gasteiger partial charge in [-0.15, -0.1) is 0 Å². The van der Waals surface area contributed by atoms with Crippen LogP contribution < -0.4 is 5.73 Å². The molecular formula is C17H32N2O3. The Hall–Kier alpha value is -0.650. The molecule has 1 heterocycles. The summed E-state index contributed by atoms with van der Waals surface area (Å²) in [5.74, 6) is 0.176. The summed E-state index contributed by atoms with van der Waals surface area (Å²) >= 11 is 0. The zero-order valence-corrected chi connectivity index (χ0v) is 14.0. The fraction of sp³-hybridized carbons (Fsp3) is 0.941. The first-order chi connectivity index (χ1) is 10.7. The van der Waals surface area contributed by atoms with E-state index >= 15 is 0 Å². The summed E-state index contributed by atoms with van der Waals surface area (Å²) < 4.78 is 11.8. The van der Waals surface area contributed by atoms with Crippen molar-refractivity contribution in [2.75, 3.05) is 26.2 Å². The van der Waals surface area contributed by atoms with Gasteiger partial charge < -0.3 is 20.1 Å². The molecule has 0 aromatic rings. The van der Waals surface area contributed by atoms with Crippen molar-refractivity contribution in [2.24, 2.45) is 5.73 Å². The average Bonchev–Trinajstić information content (AvgIpc) is 3.06. The van der Waals surface area contributed by atoms with Crippen LogP contribution in [0.3, 0.4) is 0 Å². The number of amides is 1. The van der Waals surface area contributed by atoms with Crippen LogP contribution in [-0.2, 0) is 14.3 Å². The first-order valence-electron chi connectivity index (χ1n) is 9.00. The lowest BCUT2D eigenvalue weighted by molar-refractivity contribution is -0.150. The maximum Gasteiger partial charge on any atom is 0.251 e. The Bertz CT molecular complexity index is 324. The third kappa shape index (κ3) is 5.21. The number of likely N-dealkylation sites (tertiary alicyclic amines) is 1.